The van der Waals surface area contributed by atoms with Crippen LogP contribution in [0.15, 0.2) is 109 Å². The Balaban J connectivity index is 0.000000189. The van der Waals surface area contributed by atoms with E-state index in [-0.39, 0.29) is 41.5 Å². The number of carbonyl (C=O) groups excluding carboxylic acids is 6. The van der Waals surface area contributed by atoms with E-state index in [2.05, 4.69) is 10.2 Å². The lowest BCUT2D eigenvalue weighted by Crippen LogP contribution is -2.56. The monoisotopic (exact) mass is 856 g/mol. The molecule has 4 aromatic carbocycles. The van der Waals surface area contributed by atoms with Gasteiger partial charge in [-0.05, 0) is 107 Å². The van der Waals surface area contributed by atoms with Gasteiger partial charge in [0.2, 0.25) is 11.6 Å². The highest BCUT2D eigenvalue weighted by Crippen LogP contribution is 2.22. The summed E-state index contributed by atoms with van der Waals surface area (Å²) >= 11 is 0. The fourth-order valence-corrected chi connectivity index (χ4v) is 8.15. The third-order valence-electron chi connectivity index (χ3n) is 11.8. The Morgan fingerprint density at radius 1 is 0.508 bits per heavy atom. The van der Waals surface area contributed by atoms with Crippen molar-refractivity contribution in [3.05, 3.63) is 131 Å². The molecule has 4 aliphatic heterocycles. The molecular formula is C48H57BN6O8. The molecule has 15 heteroatoms. The van der Waals surface area contributed by atoms with E-state index in [9.17, 15) is 28.8 Å². The molecule has 0 radical (unpaired) electrons. The first-order chi connectivity index (χ1) is 30.4. The number of Topliss-reactive ketones (excluding diaryl/α,β-unsaturated/α-hetero) is 2. The SMILES string of the molecule is C1CCNC1.C[C@@H]1CN(C(=O)c2ccccc2)CCN1C(=O)C(=O)c1ccc(B(O)O)cc1.C[C@@H]1CN(C(=O)c2ccccc2)CCN1C(=O)C(=O)c1ccc(N2CCCC2)cc1. The number of nitrogens with zero attached hydrogens (tertiary/aromatic N) is 5. The molecule has 0 unspecified atom stereocenters. The molecule has 14 nitrogen and oxygen atoms in total. The number of nitrogens with one attached hydrogen (secondary N) is 1. The van der Waals surface area contributed by atoms with Gasteiger partial charge in [-0.1, -0.05) is 60.7 Å². The van der Waals surface area contributed by atoms with Crippen LogP contribution >= 0.6 is 0 Å². The van der Waals surface area contributed by atoms with E-state index in [4.69, 9.17) is 10.0 Å². The van der Waals surface area contributed by atoms with Gasteiger partial charge in [0.05, 0.1) is 0 Å². The predicted molar refractivity (Wildman–Crippen MR) is 242 cm³/mol. The second kappa shape index (κ2) is 22.3. The number of hydrogen-bond donors (Lipinski definition) is 3. The van der Waals surface area contributed by atoms with Crippen LogP contribution in [0.1, 0.15) is 81.0 Å². The topological polar surface area (TPSA) is 171 Å². The number of anilines is 1. The van der Waals surface area contributed by atoms with Crippen LogP contribution < -0.4 is 15.7 Å². The molecule has 8 rings (SSSR count). The van der Waals surface area contributed by atoms with Gasteiger partial charge in [-0.15, -0.1) is 0 Å². The van der Waals surface area contributed by atoms with Gasteiger partial charge in [0.25, 0.3) is 23.6 Å². The van der Waals surface area contributed by atoms with Gasteiger partial charge >= 0.3 is 7.12 Å². The zero-order valence-corrected chi connectivity index (χ0v) is 36.1. The molecule has 0 aliphatic carbocycles. The maximum absolute atomic E-state index is 12.9. The Morgan fingerprint density at radius 2 is 0.921 bits per heavy atom. The summed E-state index contributed by atoms with van der Waals surface area (Å²) in [5.74, 6) is -2.41. The van der Waals surface area contributed by atoms with Crippen molar-refractivity contribution in [1.29, 1.82) is 0 Å². The lowest BCUT2D eigenvalue weighted by Gasteiger charge is -2.39. The molecule has 63 heavy (non-hydrogen) atoms. The van der Waals surface area contributed by atoms with Gasteiger partial charge < -0.3 is 39.9 Å². The molecule has 2 atom stereocenters. The van der Waals surface area contributed by atoms with Gasteiger partial charge in [0.1, 0.15) is 0 Å². The largest absolute Gasteiger partial charge is 0.488 e. The molecule has 330 valence electrons. The second-order valence-electron chi connectivity index (χ2n) is 16.3. The van der Waals surface area contributed by atoms with E-state index in [0.29, 0.717) is 49.4 Å². The molecular weight excluding hydrogens is 799 g/mol. The molecule has 4 aromatic rings. The molecule has 4 amide bonds. The number of ketones is 2. The van der Waals surface area contributed by atoms with E-state index < -0.39 is 30.5 Å². The van der Waals surface area contributed by atoms with Crippen molar-refractivity contribution in [2.75, 3.05) is 70.3 Å². The van der Waals surface area contributed by atoms with E-state index in [1.165, 1.54) is 67.9 Å². The minimum Gasteiger partial charge on any atom is -0.423 e. The van der Waals surface area contributed by atoms with Crippen LogP contribution in [0.3, 0.4) is 0 Å². The van der Waals surface area contributed by atoms with Gasteiger partial charge in [-0.3, -0.25) is 28.8 Å². The summed E-state index contributed by atoms with van der Waals surface area (Å²) in [7, 11) is -1.63. The second-order valence-corrected chi connectivity index (χ2v) is 16.3. The van der Waals surface area contributed by atoms with Crippen LogP contribution in [0.2, 0.25) is 0 Å². The fourth-order valence-electron chi connectivity index (χ4n) is 8.15. The molecule has 4 saturated heterocycles. The number of amides is 4. The number of piperazine rings is 2. The first-order valence-electron chi connectivity index (χ1n) is 21.8. The summed E-state index contributed by atoms with van der Waals surface area (Å²) in [4.78, 5) is 84.8. The highest BCUT2D eigenvalue weighted by atomic mass is 16.4. The molecule has 0 aromatic heterocycles. The normalized spacial score (nSPS) is 18.4. The Morgan fingerprint density at radius 3 is 1.29 bits per heavy atom. The van der Waals surface area contributed by atoms with Crippen molar-refractivity contribution in [1.82, 2.24) is 24.9 Å². The smallest absolute Gasteiger partial charge is 0.423 e. The van der Waals surface area contributed by atoms with E-state index in [0.717, 1.165) is 18.8 Å². The molecule has 4 fully saturated rings. The molecule has 0 spiro atoms. The Bertz CT molecular complexity index is 2170. The van der Waals surface area contributed by atoms with Crippen LogP contribution in [0, 0.1) is 0 Å². The van der Waals surface area contributed by atoms with Gasteiger partial charge in [-0.2, -0.15) is 0 Å². The van der Waals surface area contributed by atoms with Crippen LogP contribution in [0.4, 0.5) is 5.69 Å². The number of carbonyl (C=O) groups is 6. The van der Waals surface area contributed by atoms with Gasteiger partial charge in [0.15, 0.2) is 0 Å². The zero-order valence-electron chi connectivity index (χ0n) is 36.1. The predicted octanol–water partition coefficient (Wildman–Crippen LogP) is 3.13. The van der Waals surface area contributed by atoms with Gasteiger partial charge in [0, 0.05) is 92.4 Å². The summed E-state index contributed by atoms with van der Waals surface area (Å²) in [5.41, 5.74) is 3.17. The first-order valence-corrected chi connectivity index (χ1v) is 21.8. The standard InChI is InChI=1S/C24H27N3O3.C20H21BN2O5.C4H9N/c1-18-17-26(23(29)20-7-3-2-4-8-20)15-16-27(18)24(30)22(28)19-9-11-21(12-10-19)25-13-5-6-14-25;1-14-13-22(19(25)16-5-3-2-4-6-16)11-12-23(14)20(26)18(24)15-7-9-17(10-8-15)21(27)28;1-2-4-5-3-1/h2-4,7-12,18H,5-6,13-17H2,1H3;2-10,14,27-28H,11-13H2,1H3;5H,1-4H2/t18-;14-;/m11./s1. The quantitative estimate of drug-likeness (QED) is 0.136. The Kier molecular flexibility index (Phi) is 16.4. The molecule has 3 N–H and O–H groups in total. The van der Waals surface area contributed by atoms with Crippen molar-refractivity contribution in [2.45, 2.75) is 51.6 Å². The minimum atomic E-state index is -1.63. The van der Waals surface area contributed by atoms with Crippen molar-refractivity contribution in [3.8, 4) is 0 Å². The summed E-state index contributed by atoms with van der Waals surface area (Å²) in [5, 5.41) is 21.5. The fraction of sp³-hybridized carbons (Fsp3) is 0.375. The van der Waals surface area contributed by atoms with Crippen LogP contribution in [0.25, 0.3) is 0 Å². The van der Waals surface area contributed by atoms with Crippen molar-refractivity contribution >= 4 is 53.5 Å². The number of rotatable bonds is 8. The van der Waals surface area contributed by atoms with E-state index in [1.54, 1.807) is 70.2 Å². The zero-order chi connectivity index (χ0) is 44.9. The third kappa shape index (κ3) is 12.1. The van der Waals surface area contributed by atoms with Crippen molar-refractivity contribution < 1.29 is 38.8 Å². The van der Waals surface area contributed by atoms with Crippen LogP contribution in [0.5, 0.6) is 0 Å². The van der Waals surface area contributed by atoms with Gasteiger partial charge in [-0.25, -0.2) is 0 Å². The summed E-state index contributed by atoms with van der Waals surface area (Å²) in [6, 6.07) is 30.5. The maximum Gasteiger partial charge on any atom is 0.488 e. The number of benzene rings is 4. The van der Waals surface area contributed by atoms with E-state index in [1.807, 2.05) is 43.3 Å². The number of hydrogen-bond acceptors (Lipinski definition) is 10. The molecule has 0 saturated carbocycles. The molecule has 4 heterocycles. The average molecular weight is 857 g/mol. The van der Waals surface area contributed by atoms with Crippen LogP contribution in [-0.4, -0.2) is 149 Å². The van der Waals surface area contributed by atoms with Crippen LogP contribution in [-0.2, 0) is 9.59 Å². The lowest BCUT2D eigenvalue weighted by atomic mass is 9.80. The minimum absolute atomic E-state index is 0.0432. The molecule has 4 aliphatic rings. The third-order valence-corrected chi connectivity index (χ3v) is 11.8. The summed E-state index contributed by atoms with van der Waals surface area (Å²) in [6.07, 6.45) is 5.16. The van der Waals surface area contributed by atoms with E-state index >= 15 is 0 Å². The summed E-state index contributed by atoms with van der Waals surface area (Å²) < 4.78 is 0. The summed E-state index contributed by atoms with van der Waals surface area (Å²) in [6.45, 7) is 10.4. The van der Waals surface area contributed by atoms with Crippen molar-refractivity contribution in [2.24, 2.45) is 0 Å². The maximum atomic E-state index is 12.9. The lowest BCUT2D eigenvalue weighted by molar-refractivity contribution is -0.130. The highest BCUT2D eigenvalue weighted by Gasteiger charge is 2.35. The first kappa shape index (κ1) is 46.4. The Labute approximate surface area is 369 Å². The average Bonchev–Trinajstić information content (AvgIpc) is 4.10. The molecule has 0 bridgehead atoms. The highest BCUT2D eigenvalue weighted by molar-refractivity contribution is 6.58. The van der Waals surface area contributed by atoms with Crippen molar-refractivity contribution in [3.63, 3.8) is 0 Å². The Hall–Kier alpha value is -6.16.